The van der Waals surface area contributed by atoms with Gasteiger partial charge in [-0.2, -0.15) is 0 Å². The zero-order chi connectivity index (χ0) is 17.8. The van der Waals surface area contributed by atoms with E-state index in [1.54, 1.807) is 14.2 Å². The van der Waals surface area contributed by atoms with Crippen LogP contribution in [0.25, 0.3) is 0 Å². The normalized spacial score (nSPS) is 14.6. The second-order valence-corrected chi connectivity index (χ2v) is 6.28. The quantitative estimate of drug-likeness (QED) is 0.906. The van der Waals surface area contributed by atoms with Crippen LogP contribution >= 0.6 is 0 Å². The number of rotatable bonds is 5. The Bertz CT molecular complexity index is 746. The largest absolute Gasteiger partial charge is 0.493 e. The molecule has 132 valence electrons. The highest BCUT2D eigenvalue weighted by Gasteiger charge is 2.26. The van der Waals surface area contributed by atoms with Gasteiger partial charge in [-0.05, 0) is 41.7 Å². The Labute approximate surface area is 148 Å². The fourth-order valence-electron chi connectivity index (χ4n) is 3.26. The van der Waals surface area contributed by atoms with Crippen LogP contribution in [0.4, 0.5) is 0 Å². The highest BCUT2D eigenvalue weighted by atomic mass is 16.5. The van der Waals surface area contributed by atoms with E-state index in [9.17, 15) is 4.79 Å². The zero-order valence-electron chi connectivity index (χ0n) is 14.7. The molecule has 3 rings (SSSR count). The predicted octanol–water partition coefficient (Wildman–Crippen LogP) is 2.16. The summed E-state index contributed by atoms with van der Waals surface area (Å²) >= 11 is 0. The molecule has 0 spiro atoms. The van der Waals surface area contributed by atoms with Crippen LogP contribution in [0.2, 0.25) is 0 Å². The van der Waals surface area contributed by atoms with Gasteiger partial charge in [-0.25, -0.2) is 0 Å². The van der Waals surface area contributed by atoms with E-state index in [0.29, 0.717) is 25.3 Å². The number of nitrogens with two attached hydrogens (primary N) is 1. The van der Waals surface area contributed by atoms with Crippen LogP contribution in [0.3, 0.4) is 0 Å². The van der Waals surface area contributed by atoms with Crippen molar-refractivity contribution in [1.82, 2.24) is 4.90 Å². The van der Waals surface area contributed by atoms with Crippen molar-refractivity contribution in [3.8, 4) is 11.5 Å². The monoisotopic (exact) mass is 340 g/mol. The van der Waals surface area contributed by atoms with Crippen LogP contribution in [0.15, 0.2) is 42.5 Å². The molecule has 1 atom stereocenters. The summed E-state index contributed by atoms with van der Waals surface area (Å²) < 4.78 is 10.7. The van der Waals surface area contributed by atoms with E-state index in [0.717, 1.165) is 23.3 Å². The Balaban J connectivity index is 1.72. The number of nitrogens with zero attached hydrogens (tertiary/aromatic N) is 1. The number of amides is 1. The smallest absolute Gasteiger partial charge is 0.240 e. The van der Waals surface area contributed by atoms with Crippen LogP contribution in [-0.4, -0.2) is 37.6 Å². The average molecular weight is 340 g/mol. The average Bonchev–Trinajstić information content (AvgIpc) is 2.66. The van der Waals surface area contributed by atoms with Gasteiger partial charge in [0.25, 0.3) is 0 Å². The van der Waals surface area contributed by atoms with Crippen LogP contribution < -0.4 is 15.2 Å². The van der Waals surface area contributed by atoms with Gasteiger partial charge in [0.1, 0.15) is 0 Å². The van der Waals surface area contributed by atoms with Gasteiger partial charge in [0.2, 0.25) is 5.91 Å². The van der Waals surface area contributed by atoms with Crippen LogP contribution in [-0.2, 0) is 24.2 Å². The Kier molecular flexibility index (Phi) is 5.24. The first-order valence-corrected chi connectivity index (χ1v) is 8.44. The summed E-state index contributed by atoms with van der Waals surface area (Å²) in [4.78, 5) is 14.6. The molecule has 1 aliphatic heterocycles. The Morgan fingerprint density at radius 3 is 2.40 bits per heavy atom. The molecule has 0 saturated carbocycles. The Hall–Kier alpha value is -2.53. The van der Waals surface area contributed by atoms with Gasteiger partial charge in [0.05, 0.1) is 20.3 Å². The maximum absolute atomic E-state index is 12.7. The summed E-state index contributed by atoms with van der Waals surface area (Å²) in [7, 11) is 3.25. The fourth-order valence-corrected chi connectivity index (χ4v) is 3.26. The zero-order valence-corrected chi connectivity index (χ0v) is 14.7. The third kappa shape index (κ3) is 3.77. The minimum Gasteiger partial charge on any atom is -0.493 e. The molecular weight excluding hydrogens is 316 g/mol. The molecule has 2 aromatic rings. The SMILES string of the molecule is COc1cc2c(cc1OC)CN(C(=O)[C@H](N)Cc1ccccc1)CC2. The molecule has 0 aromatic heterocycles. The molecule has 1 aliphatic rings. The minimum atomic E-state index is -0.524. The molecule has 2 aromatic carbocycles. The third-order valence-electron chi connectivity index (χ3n) is 4.65. The van der Waals surface area contributed by atoms with Gasteiger partial charge in [-0.15, -0.1) is 0 Å². The van der Waals surface area contributed by atoms with Gasteiger partial charge in [-0.3, -0.25) is 4.79 Å². The second kappa shape index (κ2) is 7.57. The molecular formula is C20H24N2O3. The highest BCUT2D eigenvalue weighted by Crippen LogP contribution is 2.33. The molecule has 0 aliphatic carbocycles. The number of ether oxygens (including phenoxy) is 2. The molecule has 1 amide bonds. The lowest BCUT2D eigenvalue weighted by atomic mass is 9.97. The third-order valence-corrected chi connectivity index (χ3v) is 4.65. The van der Waals surface area contributed by atoms with Crippen molar-refractivity contribution in [2.45, 2.75) is 25.4 Å². The molecule has 5 nitrogen and oxygen atoms in total. The Morgan fingerprint density at radius 2 is 1.76 bits per heavy atom. The molecule has 5 heteroatoms. The van der Waals surface area contributed by atoms with Crippen molar-refractivity contribution >= 4 is 5.91 Å². The lowest BCUT2D eigenvalue weighted by Gasteiger charge is -2.31. The van der Waals surface area contributed by atoms with E-state index in [2.05, 4.69) is 0 Å². The molecule has 0 unspecified atom stereocenters. The molecule has 2 N–H and O–H groups in total. The lowest BCUT2D eigenvalue weighted by molar-refractivity contribution is -0.133. The molecule has 25 heavy (non-hydrogen) atoms. The minimum absolute atomic E-state index is 0.00992. The standard InChI is InChI=1S/C20H24N2O3/c1-24-18-11-15-8-9-22(13-16(15)12-19(18)25-2)20(23)17(21)10-14-6-4-3-5-7-14/h3-7,11-12,17H,8-10,13,21H2,1-2H3/t17-/m1/s1. The number of methoxy groups -OCH3 is 2. The number of hydrogen-bond donors (Lipinski definition) is 1. The number of benzene rings is 2. The van der Waals surface area contributed by atoms with E-state index in [1.165, 1.54) is 5.56 Å². The van der Waals surface area contributed by atoms with Crippen LogP contribution in [0, 0.1) is 0 Å². The number of carbonyl (C=O) groups excluding carboxylic acids is 1. The van der Waals surface area contributed by atoms with Gasteiger partial charge in [-0.1, -0.05) is 30.3 Å². The second-order valence-electron chi connectivity index (χ2n) is 6.28. The maximum atomic E-state index is 12.7. The van der Waals surface area contributed by atoms with Crippen molar-refractivity contribution in [3.05, 3.63) is 59.2 Å². The first-order valence-electron chi connectivity index (χ1n) is 8.44. The molecule has 0 fully saturated rings. The van der Waals surface area contributed by atoms with E-state index in [4.69, 9.17) is 15.2 Å². The number of hydrogen-bond acceptors (Lipinski definition) is 4. The van der Waals surface area contributed by atoms with E-state index < -0.39 is 6.04 Å². The van der Waals surface area contributed by atoms with Gasteiger partial charge < -0.3 is 20.1 Å². The van der Waals surface area contributed by atoms with Crippen molar-refractivity contribution < 1.29 is 14.3 Å². The summed E-state index contributed by atoms with van der Waals surface area (Å²) in [5, 5.41) is 0. The topological polar surface area (TPSA) is 64.8 Å². The number of fused-ring (bicyclic) bond motifs is 1. The summed E-state index contributed by atoms with van der Waals surface area (Å²) in [5.41, 5.74) is 9.52. The van der Waals surface area contributed by atoms with E-state index in [-0.39, 0.29) is 5.91 Å². The molecule has 1 heterocycles. The summed E-state index contributed by atoms with van der Waals surface area (Å²) in [6.45, 7) is 1.22. The van der Waals surface area contributed by atoms with Crippen molar-refractivity contribution in [2.24, 2.45) is 5.73 Å². The predicted molar refractivity (Wildman–Crippen MR) is 96.8 cm³/mol. The molecule has 0 radical (unpaired) electrons. The van der Waals surface area contributed by atoms with Crippen molar-refractivity contribution in [3.63, 3.8) is 0 Å². The van der Waals surface area contributed by atoms with Gasteiger partial charge in [0.15, 0.2) is 11.5 Å². The number of carbonyl (C=O) groups is 1. The van der Waals surface area contributed by atoms with Crippen LogP contribution in [0.1, 0.15) is 16.7 Å². The fraction of sp³-hybridized carbons (Fsp3) is 0.350. The summed E-state index contributed by atoms with van der Waals surface area (Å²) in [6.07, 6.45) is 1.34. The van der Waals surface area contributed by atoms with Crippen molar-refractivity contribution in [1.29, 1.82) is 0 Å². The summed E-state index contributed by atoms with van der Waals surface area (Å²) in [5.74, 6) is 1.40. The lowest BCUT2D eigenvalue weighted by Crippen LogP contribution is -2.46. The van der Waals surface area contributed by atoms with Crippen LogP contribution in [0.5, 0.6) is 11.5 Å². The first-order chi connectivity index (χ1) is 12.1. The van der Waals surface area contributed by atoms with E-state index in [1.807, 2.05) is 47.4 Å². The van der Waals surface area contributed by atoms with Gasteiger partial charge >= 0.3 is 0 Å². The molecule has 0 bridgehead atoms. The van der Waals surface area contributed by atoms with E-state index >= 15 is 0 Å². The first kappa shape index (κ1) is 17.3. The van der Waals surface area contributed by atoms with Gasteiger partial charge in [0, 0.05) is 13.1 Å². The Morgan fingerprint density at radius 1 is 1.12 bits per heavy atom. The van der Waals surface area contributed by atoms with Crippen molar-refractivity contribution in [2.75, 3.05) is 20.8 Å². The maximum Gasteiger partial charge on any atom is 0.240 e. The summed E-state index contributed by atoms with van der Waals surface area (Å²) in [6, 6.07) is 13.3. The molecule has 0 saturated heterocycles. The highest BCUT2D eigenvalue weighted by molar-refractivity contribution is 5.82.